The largest absolute Gasteiger partial charge is 0.494 e. The fourth-order valence-corrected chi connectivity index (χ4v) is 3.37. The highest BCUT2D eigenvalue weighted by Crippen LogP contribution is 2.31. The fourth-order valence-electron chi connectivity index (χ4n) is 3.37. The van der Waals surface area contributed by atoms with Crippen LogP contribution in [0, 0.1) is 0 Å². The van der Waals surface area contributed by atoms with E-state index in [1.807, 2.05) is 0 Å². The van der Waals surface area contributed by atoms with Gasteiger partial charge in [0, 0.05) is 31.7 Å². The van der Waals surface area contributed by atoms with Crippen molar-refractivity contribution in [3.8, 4) is 5.75 Å². The van der Waals surface area contributed by atoms with E-state index in [1.165, 1.54) is 36.0 Å². The van der Waals surface area contributed by atoms with E-state index < -0.39 is 0 Å². The van der Waals surface area contributed by atoms with Gasteiger partial charge in [0.1, 0.15) is 5.75 Å². The SMILES string of the molecule is CCOc1cc2c(cc1CN1CCO[C@@H](CN)C1)CCC2. The summed E-state index contributed by atoms with van der Waals surface area (Å²) in [5.41, 5.74) is 10.0. The van der Waals surface area contributed by atoms with Crippen molar-refractivity contribution in [2.45, 2.75) is 38.8 Å². The lowest BCUT2D eigenvalue weighted by atomic mass is 10.0. The molecule has 1 saturated heterocycles. The van der Waals surface area contributed by atoms with Crippen molar-refractivity contribution in [1.82, 2.24) is 4.90 Å². The molecule has 0 aromatic heterocycles. The second-order valence-electron chi connectivity index (χ2n) is 5.98. The lowest BCUT2D eigenvalue weighted by Crippen LogP contribution is -2.45. The zero-order chi connectivity index (χ0) is 14.7. The van der Waals surface area contributed by atoms with Crippen LogP contribution in [0.2, 0.25) is 0 Å². The number of nitrogens with two attached hydrogens (primary N) is 1. The first-order valence-electron chi connectivity index (χ1n) is 8.11. The zero-order valence-electron chi connectivity index (χ0n) is 12.9. The highest BCUT2D eigenvalue weighted by Gasteiger charge is 2.22. The van der Waals surface area contributed by atoms with E-state index in [4.69, 9.17) is 15.2 Å². The standard InChI is InChI=1S/C17H26N2O2/c1-2-20-17-9-14-5-3-4-13(14)8-15(17)11-19-6-7-21-16(10-18)12-19/h8-9,16H,2-7,10-12,18H2,1H3/t16-/m0/s1. The second-order valence-corrected chi connectivity index (χ2v) is 5.98. The summed E-state index contributed by atoms with van der Waals surface area (Å²) in [6, 6.07) is 4.63. The van der Waals surface area contributed by atoms with Crippen LogP contribution >= 0.6 is 0 Å². The third-order valence-corrected chi connectivity index (χ3v) is 4.45. The highest BCUT2D eigenvalue weighted by molar-refractivity contribution is 5.44. The van der Waals surface area contributed by atoms with Gasteiger partial charge in [-0.1, -0.05) is 6.07 Å². The summed E-state index contributed by atoms with van der Waals surface area (Å²) in [6.45, 7) is 6.97. The predicted molar refractivity (Wildman–Crippen MR) is 83.7 cm³/mol. The molecule has 1 aromatic rings. The van der Waals surface area contributed by atoms with Crippen LogP contribution in [0.15, 0.2) is 12.1 Å². The molecule has 2 N–H and O–H groups in total. The van der Waals surface area contributed by atoms with Crippen LogP contribution in [0.1, 0.15) is 30.0 Å². The molecule has 1 heterocycles. The smallest absolute Gasteiger partial charge is 0.124 e. The Labute approximate surface area is 127 Å². The first-order valence-corrected chi connectivity index (χ1v) is 8.11. The van der Waals surface area contributed by atoms with Gasteiger partial charge in [0.2, 0.25) is 0 Å². The fraction of sp³-hybridized carbons (Fsp3) is 0.647. The van der Waals surface area contributed by atoms with Gasteiger partial charge >= 0.3 is 0 Å². The Bertz CT molecular complexity index is 490. The average molecular weight is 290 g/mol. The quantitative estimate of drug-likeness (QED) is 0.897. The topological polar surface area (TPSA) is 47.7 Å². The minimum absolute atomic E-state index is 0.170. The molecule has 0 radical (unpaired) electrons. The van der Waals surface area contributed by atoms with E-state index in [9.17, 15) is 0 Å². The average Bonchev–Trinajstić information content (AvgIpc) is 2.95. The molecule has 2 aliphatic rings. The van der Waals surface area contributed by atoms with Crippen molar-refractivity contribution in [3.05, 3.63) is 28.8 Å². The second kappa shape index (κ2) is 6.77. The number of fused-ring (bicyclic) bond motifs is 1. The summed E-state index contributed by atoms with van der Waals surface area (Å²) >= 11 is 0. The predicted octanol–water partition coefficient (Wildman–Crippen LogP) is 1.73. The Balaban J connectivity index is 1.77. The van der Waals surface area contributed by atoms with Crippen molar-refractivity contribution in [2.24, 2.45) is 5.73 Å². The van der Waals surface area contributed by atoms with Crippen LogP contribution in [0.3, 0.4) is 0 Å². The van der Waals surface area contributed by atoms with Gasteiger partial charge < -0.3 is 15.2 Å². The van der Waals surface area contributed by atoms with E-state index in [0.29, 0.717) is 6.54 Å². The Morgan fingerprint density at radius 2 is 2.14 bits per heavy atom. The molecule has 0 saturated carbocycles. The van der Waals surface area contributed by atoms with Crippen LogP contribution in [0.25, 0.3) is 0 Å². The van der Waals surface area contributed by atoms with Gasteiger partial charge in [-0.25, -0.2) is 0 Å². The number of benzene rings is 1. The minimum Gasteiger partial charge on any atom is -0.494 e. The summed E-state index contributed by atoms with van der Waals surface area (Å²) in [7, 11) is 0. The van der Waals surface area contributed by atoms with E-state index >= 15 is 0 Å². The molecule has 1 aliphatic carbocycles. The van der Waals surface area contributed by atoms with Gasteiger partial charge in [0.05, 0.1) is 19.3 Å². The minimum atomic E-state index is 0.170. The highest BCUT2D eigenvalue weighted by atomic mass is 16.5. The maximum absolute atomic E-state index is 5.87. The van der Waals surface area contributed by atoms with Gasteiger partial charge in [-0.3, -0.25) is 4.90 Å². The molecule has 4 heteroatoms. The Kier molecular flexibility index (Phi) is 4.78. The van der Waals surface area contributed by atoms with Crippen LogP contribution in [0.4, 0.5) is 0 Å². The molecule has 0 unspecified atom stereocenters. The van der Waals surface area contributed by atoms with Crippen LogP contribution in [-0.4, -0.2) is 43.9 Å². The maximum Gasteiger partial charge on any atom is 0.124 e. The Morgan fingerprint density at radius 1 is 1.33 bits per heavy atom. The molecular weight excluding hydrogens is 264 g/mol. The number of hydrogen-bond donors (Lipinski definition) is 1. The summed E-state index contributed by atoms with van der Waals surface area (Å²) in [5, 5.41) is 0. The number of ether oxygens (including phenoxy) is 2. The number of rotatable bonds is 5. The van der Waals surface area contributed by atoms with Gasteiger partial charge in [-0.05, 0) is 43.4 Å². The van der Waals surface area contributed by atoms with E-state index in [1.54, 1.807) is 0 Å². The van der Waals surface area contributed by atoms with Crippen LogP contribution < -0.4 is 10.5 Å². The van der Waals surface area contributed by atoms with E-state index in [0.717, 1.165) is 38.6 Å². The lowest BCUT2D eigenvalue weighted by Gasteiger charge is -2.32. The number of morpholine rings is 1. The van der Waals surface area contributed by atoms with E-state index in [2.05, 4.69) is 24.0 Å². The first kappa shape index (κ1) is 14.8. The Hall–Kier alpha value is -1.10. The van der Waals surface area contributed by atoms with Crippen molar-refractivity contribution in [3.63, 3.8) is 0 Å². The molecular formula is C17H26N2O2. The van der Waals surface area contributed by atoms with Crippen molar-refractivity contribution >= 4 is 0 Å². The summed E-state index contributed by atoms with van der Waals surface area (Å²) in [4.78, 5) is 2.43. The third kappa shape index (κ3) is 3.39. The molecule has 21 heavy (non-hydrogen) atoms. The Morgan fingerprint density at radius 3 is 2.90 bits per heavy atom. The molecule has 4 nitrogen and oxygen atoms in total. The maximum atomic E-state index is 5.87. The molecule has 0 spiro atoms. The molecule has 1 aliphatic heterocycles. The monoisotopic (exact) mass is 290 g/mol. The summed E-state index contributed by atoms with van der Waals surface area (Å²) < 4.78 is 11.5. The molecule has 0 bridgehead atoms. The molecule has 116 valence electrons. The number of hydrogen-bond acceptors (Lipinski definition) is 4. The molecule has 1 atom stereocenters. The third-order valence-electron chi connectivity index (χ3n) is 4.45. The van der Waals surface area contributed by atoms with Crippen molar-refractivity contribution in [2.75, 3.05) is 32.8 Å². The molecule has 1 aromatic carbocycles. The van der Waals surface area contributed by atoms with Gasteiger partial charge in [-0.2, -0.15) is 0 Å². The van der Waals surface area contributed by atoms with E-state index in [-0.39, 0.29) is 6.10 Å². The lowest BCUT2D eigenvalue weighted by molar-refractivity contribution is -0.0262. The molecule has 3 rings (SSSR count). The van der Waals surface area contributed by atoms with Gasteiger partial charge in [0.15, 0.2) is 0 Å². The normalized spacial score (nSPS) is 22.3. The van der Waals surface area contributed by atoms with Gasteiger partial charge in [0.25, 0.3) is 0 Å². The van der Waals surface area contributed by atoms with Gasteiger partial charge in [-0.15, -0.1) is 0 Å². The summed E-state index contributed by atoms with van der Waals surface area (Å²) in [6.07, 6.45) is 3.85. The zero-order valence-corrected chi connectivity index (χ0v) is 12.9. The van der Waals surface area contributed by atoms with Crippen molar-refractivity contribution < 1.29 is 9.47 Å². The summed E-state index contributed by atoms with van der Waals surface area (Å²) in [5.74, 6) is 1.06. The first-order chi connectivity index (χ1) is 10.3. The van der Waals surface area contributed by atoms with Crippen LogP contribution in [0.5, 0.6) is 5.75 Å². The van der Waals surface area contributed by atoms with Crippen LogP contribution in [-0.2, 0) is 24.1 Å². The molecule has 0 amide bonds. The number of aryl methyl sites for hydroxylation is 2. The number of nitrogens with zero attached hydrogens (tertiary/aromatic N) is 1. The molecule has 1 fully saturated rings. The van der Waals surface area contributed by atoms with Crippen molar-refractivity contribution in [1.29, 1.82) is 0 Å².